The van der Waals surface area contributed by atoms with Gasteiger partial charge in [-0.25, -0.2) is 0 Å². The summed E-state index contributed by atoms with van der Waals surface area (Å²) in [6.07, 6.45) is 2.03. The van der Waals surface area contributed by atoms with Gasteiger partial charge in [0.15, 0.2) is 0 Å². The second kappa shape index (κ2) is 8.82. The number of ether oxygens (including phenoxy) is 1. The third-order valence-electron chi connectivity index (χ3n) is 4.89. The van der Waals surface area contributed by atoms with Gasteiger partial charge in [0, 0.05) is 37.6 Å². The van der Waals surface area contributed by atoms with Crippen LogP contribution in [0.2, 0.25) is 0 Å². The molecule has 2 amide bonds. The molecule has 3 rings (SSSR count). The largest absolute Gasteiger partial charge is 0.381 e. The number of benzene rings is 2. The van der Waals surface area contributed by atoms with Gasteiger partial charge in [-0.05, 0) is 55.2 Å². The van der Waals surface area contributed by atoms with Gasteiger partial charge in [0.1, 0.15) is 0 Å². The first-order chi connectivity index (χ1) is 13.0. The Morgan fingerprint density at radius 3 is 2.37 bits per heavy atom. The summed E-state index contributed by atoms with van der Waals surface area (Å²) in [4.78, 5) is 26.4. The van der Waals surface area contributed by atoms with Gasteiger partial charge in [-0.3, -0.25) is 9.59 Å². The van der Waals surface area contributed by atoms with E-state index in [1.165, 1.54) is 6.92 Å². The minimum absolute atomic E-state index is 0.0866. The maximum Gasteiger partial charge on any atom is 0.231 e. The molecule has 0 spiro atoms. The van der Waals surface area contributed by atoms with E-state index in [-0.39, 0.29) is 17.9 Å². The number of hydrogen-bond acceptors (Lipinski definition) is 3. The summed E-state index contributed by atoms with van der Waals surface area (Å²) in [7, 11) is 0. The number of carbonyl (C=O) groups excluding carboxylic acids is 2. The molecule has 27 heavy (non-hydrogen) atoms. The molecule has 0 atom stereocenters. The standard InChI is InChI=1S/C22H26N2O3/c1-16-5-3-4-6-18(16)15-22(26)24(21-11-13-27-14-12-21)20-9-7-19(8-10-20)23-17(2)25/h3-10,21H,11-15H2,1-2H3,(H,23,25). The van der Waals surface area contributed by atoms with E-state index in [4.69, 9.17) is 4.74 Å². The molecule has 5 nitrogen and oxygen atoms in total. The van der Waals surface area contributed by atoms with E-state index in [0.29, 0.717) is 19.6 Å². The van der Waals surface area contributed by atoms with E-state index in [2.05, 4.69) is 5.32 Å². The average molecular weight is 366 g/mol. The Hall–Kier alpha value is -2.66. The van der Waals surface area contributed by atoms with Gasteiger partial charge < -0.3 is 15.0 Å². The molecule has 0 aromatic heterocycles. The van der Waals surface area contributed by atoms with Crippen molar-refractivity contribution >= 4 is 23.2 Å². The predicted molar refractivity (Wildman–Crippen MR) is 107 cm³/mol. The van der Waals surface area contributed by atoms with Crippen molar-refractivity contribution < 1.29 is 14.3 Å². The zero-order chi connectivity index (χ0) is 19.2. The summed E-state index contributed by atoms with van der Waals surface area (Å²) in [6, 6.07) is 15.6. The summed E-state index contributed by atoms with van der Waals surface area (Å²) in [5.41, 5.74) is 3.76. The summed E-state index contributed by atoms with van der Waals surface area (Å²) in [5.74, 6) is -0.0249. The number of anilines is 2. The zero-order valence-electron chi connectivity index (χ0n) is 15.9. The van der Waals surface area contributed by atoms with Crippen LogP contribution in [0.3, 0.4) is 0 Å². The van der Waals surface area contributed by atoms with Gasteiger partial charge in [-0.2, -0.15) is 0 Å². The Kier molecular flexibility index (Phi) is 6.24. The molecule has 0 aliphatic carbocycles. The van der Waals surface area contributed by atoms with Crippen LogP contribution in [-0.4, -0.2) is 31.1 Å². The lowest BCUT2D eigenvalue weighted by Crippen LogP contribution is -2.44. The van der Waals surface area contributed by atoms with Crippen LogP contribution in [0, 0.1) is 6.92 Å². The van der Waals surface area contributed by atoms with Gasteiger partial charge in [0.2, 0.25) is 11.8 Å². The predicted octanol–water partition coefficient (Wildman–Crippen LogP) is 3.71. The van der Waals surface area contributed by atoms with Gasteiger partial charge in [-0.15, -0.1) is 0 Å². The molecular formula is C22H26N2O3. The van der Waals surface area contributed by atoms with Crippen molar-refractivity contribution in [1.29, 1.82) is 0 Å². The summed E-state index contributed by atoms with van der Waals surface area (Å²) >= 11 is 0. The highest BCUT2D eigenvalue weighted by atomic mass is 16.5. The maximum absolute atomic E-state index is 13.2. The number of carbonyl (C=O) groups is 2. The van der Waals surface area contributed by atoms with E-state index >= 15 is 0 Å². The quantitative estimate of drug-likeness (QED) is 0.878. The van der Waals surface area contributed by atoms with Crippen LogP contribution < -0.4 is 10.2 Å². The fraction of sp³-hybridized carbons (Fsp3) is 0.364. The maximum atomic E-state index is 13.2. The van der Waals surface area contributed by atoms with Crippen LogP contribution >= 0.6 is 0 Å². The fourth-order valence-corrected chi connectivity index (χ4v) is 3.47. The molecule has 2 aromatic rings. The summed E-state index contributed by atoms with van der Waals surface area (Å²) in [5, 5.41) is 2.76. The van der Waals surface area contributed by atoms with Crippen molar-refractivity contribution in [3.05, 3.63) is 59.7 Å². The molecule has 0 saturated carbocycles. The van der Waals surface area contributed by atoms with Crippen molar-refractivity contribution in [1.82, 2.24) is 0 Å². The Balaban J connectivity index is 1.85. The number of amides is 2. The molecular weight excluding hydrogens is 340 g/mol. The van der Waals surface area contributed by atoms with Gasteiger partial charge in [0.25, 0.3) is 0 Å². The van der Waals surface area contributed by atoms with E-state index in [9.17, 15) is 9.59 Å². The average Bonchev–Trinajstić information content (AvgIpc) is 2.66. The van der Waals surface area contributed by atoms with Gasteiger partial charge >= 0.3 is 0 Å². The van der Waals surface area contributed by atoms with E-state index in [1.54, 1.807) is 0 Å². The molecule has 1 aliphatic heterocycles. The van der Waals surface area contributed by atoms with Crippen molar-refractivity contribution in [3.8, 4) is 0 Å². The molecule has 0 bridgehead atoms. The van der Waals surface area contributed by atoms with E-state index < -0.39 is 0 Å². The van der Waals surface area contributed by atoms with Crippen LogP contribution in [-0.2, 0) is 20.7 Å². The van der Waals surface area contributed by atoms with Gasteiger partial charge in [0.05, 0.1) is 6.42 Å². The second-order valence-electron chi connectivity index (χ2n) is 6.94. The molecule has 0 unspecified atom stereocenters. The minimum atomic E-state index is -0.111. The smallest absolute Gasteiger partial charge is 0.231 e. The Morgan fingerprint density at radius 2 is 1.74 bits per heavy atom. The third kappa shape index (κ3) is 4.95. The molecule has 1 aliphatic rings. The van der Waals surface area contributed by atoms with Crippen LogP contribution in [0.5, 0.6) is 0 Å². The Morgan fingerprint density at radius 1 is 1.07 bits per heavy atom. The number of rotatable bonds is 5. The van der Waals surface area contributed by atoms with E-state index in [1.807, 2.05) is 60.4 Å². The Labute approximate surface area is 160 Å². The SMILES string of the molecule is CC(=O)Nc1ccc(N(C(=O)Cc2ccccc2C)C2CCOCC2)cc1. The van der Waals surface area contributed by atoms with E-state index in [0.717, 1.165) is 35.3 Å². The van der Waals surface area contributed by atoms with Crippen LogP contribution in [0.1, 0.15) is 30.9 Å². The minimum Gasteiger partial charge on any atom is -0.381 e. The monoisotopic (exact) mass is 366 g/mol. The lowest BCUT2D eigenvalue weighted by Gasteiger charge is -2.34. The molecule has 5 heteroatoms. The van der Waals surface area contributed by atoms with Crippen LogP contribution in [0.15, 0.2) is 48.5 Å². The number of aryl methyl sites for hydroxylation is 1. The number of nitrogens with zero attached hydrogens (tertiary/aromatic N) is 1. The second-order valence-corrected chi connectivity index (χ2v) is 6.94. The highest BCUT2D eigenvalue weighted by molar-refractivity contribution is 5.96. The molecule has 1 saturated heterocycles. The van der Waals surface area contributed by atoms with Crippen molar-refractivity contribution in [3.63, 3.8) is 0 Å². The first-order valence-corrected chi connectivity index (χ1v) is 9.36. The highest BCUT2D eigenvalue weighted by Gasteiger charge is 2.27. The normalized spacial score (nSPS) is 14.6. The summed E-state index contributed by atoms with van der Waals surface area (Å²) in [6.45, 7) is 4.85. The topological polar surface area (TPSA) is 58.6 Å². The lowest BCUT2D eigenvalue weighted by molar-refractivity contribution is -0.119. The molecule has 142 valence electrons. The fourth-order valence-electron chi connectivity index (χ4n) is 3.47. The molecule has 1 fully saturated rings. The lowest BCUT2D eigenvalue weighted by atomic mass is 10.0. The summed E-state index contributed by atoms with van der Waals surface area (Å²) < 4.78 is 5.48. The number of nitrogens with one attached hydrogen (secondary N) is 1. The molecule has 2 aromatic carbocycles. The highest BCUT2D eigenvalue weighted by Crippen LogP contribution is 2.26. The van der Waals surface area contributed by atoms with Crippen molar-refractivity contribution in [2.45, 2.75) is 39.2 Å². The molecule has 1 heterocycles. The Bertz CT molecular complexity index is 795. The van der Waals surface area contributed by atoms with Crippen molar-refractivity contribution in [2.75, 3.05) is 23.4 Å². The van der Waals surface area contributed by atoms with Crippen LogP contribution in [0.25, 0.3) is 0 Å². The third-order valence-corrected chi connectivity index (χ3v) is 4.89. The zero-order valence-corrected chi connectivity index (χ0v) is 15.9. The first-order valence-electron chi connectivity index (χ1n) is 9.36. The first kappa shape index (κ1) is 19.1. The molecule has 0 radical (unpaired) electrons. The number of hydrogen-bond donors (Lipinski definition) is 1. The van der Waals surface area contributed by atoms with Crippen molar-refractivity contribution in [2.24, 2.45) is 0 Å². The van der Waals surface area contributed by atoms with Crippen LogP contribution in [0.4, 0.5) is 11.4 Å². The molecule has 1 N–H and O–H groups in total. The van der Waals surface area contributed by atoms with Gasteiger partial charge in [-0.1, -0.05) is 24.3 Å².